The van der Waals surface area contributed by atoms with Crippen molar-refractivity contribution in [2.75, 3.05) is 19.1 Å². The maximum atomic E-state index is 12.8. The van der Waals surface area contributed by atoms with Crippen LogP contribution in [0.2, 0.25) is 0 Å². The lowest BCUT2D eigenvalue weighted by Crippen LogP contribution is -2.00. The average molecular weight is 288 g/mol. The molecule has 0 radical (unpaired) electrons. The lowest BCUT2D eigenvalue weighted by Gasteiger charge is -2.11. The number of anilines is 1. The second-order valence-corrected chi connectivity index (χ2v) is 4.19. The fourth-order valence-electron chi connectivity index (χ4n) is 1.79. The van der Waals surface area contributed by atoms with Gasteiger partial charge in [0.2, 0.25) is 0 Å². The van der Waals surface area contributed by atoms with Gasteiger partial charge in [-0.1, -0.05) is 6.07 Å². The summed E-state index contributed by atoms with van der Waals surface area (Å²) < 4.78 is 23.6. The molecule has 21 heavy (non-hydrogen) atoms. The molecule has 0 unspecified atom stereocenters. The number of benzene rings is 2. The number of nitrogens with zero attached hydrogens (tertiary/aromatic N) is 1. The Bertz CT molecular complexity index is 612. The Morgan fingerprint density at radius 2 is 1.95 bits per heavy atom. The van der Waals surface area contributed by atoms with Crippen LogP contribution in [0, 0.1) is 5.82 Å². The van der Waals surface area contributed by atoms with E-state index < -0.39 is 0 Å². The minimum absolute atomic E-state index is 0.282. The van der Waals surface area contributed by atoms with Crippen molar-refractivity contribution < 1.29 is 13.9 Å². The van der Waals surface area contributed by atoms with Gasteiger partial charge in [0.05, 0.1) is 25.6 Å². The van der Waals surface area contributed by atoms with E-state index in [0.717, 1.165) is 5.56 Å². The molecule has 0 saturated heterocycles. The van der Waals surface area contributed by atoms with E-state index in [1.807, 2.05) is 25.1 Å². The van der Waals surface area contributed by atoms with Crippen molar-refractivity contribution >= 4 is 11.9 Å². The van der Waals surface area contributed by atoms with E-state index in [1.165, 1.54) is 12.1 Å². The lowest BCUT2D eigenvalue weighted by molar-refractivity contribution is 0.310. The van der Waals surface area contributed by atoms with Gasteiger partial charge >= 0.3 is 0 Å². The summed E-state index contributed by atoms with van der Waals surface area (Å²) >= 11 is 0. The molecule has 0 aliphatic heterocycles. The number of para-hydroxylation sites is 1. The highest BCUT2D eigenvalue weighted by molar-refractivity contribution is 5.85. The average Bonchev–Trinajstić information content (AvgIpc) is 2.51. The van der Waals surface area contributed by atoms with Crippen LogP contribution in [0.25, 0.3) is 0 Å². The number of rotatable bonds is 6. The van der Waals surface area contributed by atoms with Crippen molar-refractivity contribution in [1.29, 1.82) is 0 Å². The van der Waals surface area contributed by atoms with Gasteiger partial charge in [0.15, 0.2) is 11.5 Å². The Morgan fingerprint density at radius 3 is 2.62 bits per heavy atom. The van der Waals surface area contributed by atoms with Gasteiger partial charge in [0.25, 0.3) is 0 Å². The van der Waals surface area contributed by atoms with Gasteiger partial charge in [-0.05, 0) is 43.3 Å². The Labute approximate surface area is 123 Å². The van der Waals surface area contributed by atoms with E-state index >= 15 is 0 Å². The summed E-state index contributed by atoms with van der Waals surface area (Å²) in [6.45, 7) is 2.44. The topological polar surface area (TPSA) is 42.8 Å². The van der Waals surface area contributed by atoms with Crippen LogP contribution in [-0.2, 0) is 0 Å². The molecule has 0 aliphatic carbocycles. The third-order valence-electron chi connectivity index (χ3n) is 2.76. The van der Waals surface area contributed by atoms with E-state index in [2.05, 4.69) is 10.5 Å². The molecule has 0 saturated carbocycles. The molecule has 2 aromatic rings. The van der Waals surface area contributed by atoms with Crippen molar-refractivity contribution in [1.82, 2.24) is 0 Å². The summed E-state index contributed by atoms with van der Waals surface area (Å²) in [4.78, 5) is 0. The zero-order valence-electron chi connectivity index (χ0n) is 12.0. The number of ether oxygens (including phenoxy) is 2. The first-order valence-electron chi connectivity index (χ1n) is 6.59. The van der Waals surface area contributed by atoms with Crippen molar-refractivity contribution in [3.8, 4) is 11.5 Å². The van der Waals surface area contributed by atoms with Crippen LogP contribution in [0.1, 0.15) is 12.5 Å². The van der Waals surface area contributed by atoms with Crippen LogP contribution in [0.4, 0.5) is 10.1 Å². The molecule has 4 nitrogen and oxygen atoms in total. The van der Waals surface area contributed by atoms with Crippen LogP contribution >= 0.6 is 0 Å². The quantitative estimate of drug-likeness (QED) is 0.651. The van der Waals surface area contributed by atoms with Crippen LogP contribution < -0.4 is 14.9 Å². The number of hydrazone groups is 1. The number of hydrogen-bond donors (Lipinski definition) is 1. The van der Waals surface area contributed by atoms with Gasteiger partial charge in [0.1, 0.15) is 5.82 Å². The molecule has 0 spiro atoms. The highest BCUT2D eigenvalue weighted by Crippen LogP contribution is 2.29. The maximum absolute atomic E-state index is 12.8. The smallest absolute Gasteiger partial charge is 0.169 e. The van der Waals surface area contributed by atoms with E-state index in [9.17, 15) is 4.39 Å². The van der Waals surface area contributed by atoms with Crippen molar-refractivity contribution in [2.45, 2.75) is 6.92 Å². The van der Waals surface area contributed by atoms with Gasteiger partial charge in [-0.2, -0.15) is 5.10 Å². The first-order chi connectivity index (χ1) is 10.2. The minimum atomic E-state index is -0.282. The highest BCUT2D eigenvalue weighted by atomic mass is 19.1. The summed E-state index contributed by atoms with van der Waals surface area (Å²) in [5.41, 5.74) is 4.33. The standard InChI is InChI=1S/C16H17FN2O2/c1-3-21-16-12(5-4-6-15(16)20-2)11-18-19-14-9-7-13(17)8-10-14/h4-11,19H,3H2,1-2H3/b18-11+. The number of hydrogen-bond acceptors (Lipinski definition) is 4. The van der Waals surface area contributed by atoms with Gasteiger partial charge < -0.3 is 9.47 Å². The number of methoxy groups -OCH3 is 1. The van der Waals surface area contributed by atoms with Crippen molar-refractivity contribution in [3.05, 3.63) is 53.8 Å². The monoisotopic (exact) mass is 288 g/mol. The molecular weight excluding hydrogens is 271 g/mol. The molecule has 2 aromatic carbocycles. The summed E-state index contributed by atoms with van der Waals surface area (Å²) in [6.07, 6.45) is 1.64. The summed E-state index contributed by atoms with van der Waals surface area (Å²) in [5.74, 6) is 1.02. The van der Waals surface area contributed by atoms with Gasteiger partial charge in [0, 0.05) is 5.56 Å². The highest BCUT2D eigenvalue weighted by Gasteiger charge is 2.08. The van der Waals surface area contributed by atoms with Gasteiger partial charge in [-0.15, -0.1) is 0 Å². The summed E-state index contributed by atoms with van der Waals surface area (Å²) in [6, 6.07) is 11.5. The second-order valence-electron chi connectivity index (χ2n) is 4.19. The third-order valence-corrected chi connectivity index (χ3v) is 2.76. The molecule has 5 heteroatoms. The normalized spacial score (nSPS) is 10.6. The first kappa shape index (κ1) is 14.8. The Hall–Kier alpha value is -2.56. The van der Waals surface area contributed by atoms with E-state index in [0.29, 0.717) is 23.8 Å². The van der Waals surface area contributed by atoms with Crippen LogP contribution in [0.5, 0.6) is 11.5 Å². The zero-order chi connectivity index (χ0) is 15.1. The SMILES string of the molecule is CCOc1c(/C=N/Nc2ccc(F)cc2)cccc1OC. The Morgan fingerprint density at radius 1 is 1.19 bits per heavy atom. The van der Waals surface area contributed by atoms with E-state index in [1.54, 1.807) is 25.5 Å². The van der Waals surface area contributed by atoms with Crippen molar-refractivity contribution in [3.63, 3.8) is 0 Å². The molecule has 0 amide bonds. The number of halogens is 1. The fraction of sp³-hybridized carbons (Fsp3) is 0.188. The van der Waals surface area contributed by atoms with Crippen LogP contribution in [0.15, 0.2) is 47.6 Å². The fourth-order valence-corrected chi connectivity index (χ4v) is 1.79. The number of nitrogens with one attached hydrogen (secondary N) is 1. The van der Waals surface area contributed by atoms with E-state index in [-0.39, 0.29) is 5.82 Å². The molecule has 0 aromatic heterocycles. The molecule has 0 heterocycles. The molecule has 0 bridgehead atoms. The van der Waals surface area contributed by atoms with Crippen molar-refractivity contribution in [2.24, 2.45) is 5.10 Å². The van der Waals surface area contributed by atoms with Gasteiger partial charge in [-0.25, -0.2) is 4.39 Å². The van der Waals surface area contributed by atoms with Gasteiger partial charge in [-0.3, -0.25) is 5.43 Å². The Kier molecular flexibility index (Phi) is 5.15. The predicted octanol–water partition coefficient (Wildman–Crippen LogP) is 3.68. The summed E-state index contributed by atoms with van der Waals surface area (Å²) in [5, 5.41) is 4.13. The molecule has 110 valence electrons. The zero-order valence-corrected chi connectivity index (χ0v) is 12.0. The molecule has 2 rings (SSSR count). The third kappa shape index (κ3) is 3.95. The lowest BCUT2D eigenvalue weighted by atomic mass is 10.2. The van der Waals surface area contributed by atoms with Crippen LogP contribution in [0.3, 0.4) is 0 Å². The summed E-state index contributed by atoms with van der Waals surface area (Å²) in [7, 11) is 1.59. The first-order valence-corrected chi connectivity index (χ1v) is 6.59. The minimum Gasteiger partial charge on any atom is -0.493 e. The maximum Gasteiger partial charge on any atom is 0.169 e. The molecular formula is C16H17FN2O2. The Balaban J connectivity index is 2.14. The van der Waals surface area contributed by atoms with E-state index in [4.69, 9.17) is 9.47 Å². The van der Waals surface area contributed by atoms with Crippen LogP contribution in [-0.4, -0.2) is 19.9 Å². The molecule has 0 aliphatic rings. The molecule has 1 N–H and O–H groups in total. The predicted molar refractivity (Wildman–Crippen MR) is 81.8 cm³/mol. The second kappa shape index (κ2) is 7.28. The molecule has 0 atom stereocenters. The molecule has 0 fully saturated rings. The largest absolute Gasteiger partial charge is 0.493 e.